The number of aromatic nitrogens is 1. The van der Waals surface area contributed by atoms with Gasteiger partial charge in [-0.1, -0.05) is 23.9 Å². The van der Waals surface area contributed by atoms with Crippen LogP contribution in [0.1, 0.15) is 35.3 Å². The van der Waals surface area contributed by atoms with Gasteiger partial charge in [-0.15, -0.1) is 0 Å². The zero-order valence-corrected chi connectivity index (χ0v) is 15.2. The number of carbonyl (C=O) groups is 1. The van der Waals surface area contributed by atoms with E-state index in [0.717, 1.165) is 17.8 Å². The zero-order valence-electron chi connectivity index (χ0n) is 14.4. The molecule has 1 heterocycles. The van der Waals surface area contributed by atoms with Gasteiger partial charge >= 0.3 is 6.18 Å². The highest BCUT2D eigenvalue weighted by molar-refractivity contribution is 8.00. The Hall–Kier alpha value is -2.60. The molecule has 1 amide bonds. The summed E-state index contributed by atoms with van der Waals surface area (Å²) in [6, 6.07) is 7.50. The standard InChI is InChI=1S/C18H15F4N3OS/c1-10-7-15(18(20,21)22)14(8-23)17(24-10)27-9-16(26)25-11(2)12-3-5-13(19)6-4-12/h3-7,11H,9H2,1-2H3,(H,25,26). The Morgan fingerprint density at radius 3 is 2.52 bits per heavy atom. The smallest absolute Gasteiger partial charge is 0.349 e. The zero-order chi connectivity index (χ0) is 20.2. The van der Waals surface area contributed by atoms with Crippen LogP contribution in [0.5, 0.6) is 0 Å². The van der Waals surface area contributed by atoms with E-state index in [1.807, 2.05) is 0 Å². The second-order valence-corrected chi connectivity index (χ2v) is 6.69. The van der Waals surface area contributed by atoms with Gasteiger partial charge in [0.2, 0.25) is 5.91 Å². The van der Waals surface area contributed by atoms with Crippen LogP contribution < -0.4 is 5.32 Å². The first-order chi connectivity index (χ1) is 12.6. The average Bonchev–Trinajstić information content (AvgIpc) is 2.59. The lowest BCUT2D eigenvalue weighted by Crippen LogP contribution is -2.28. The monoisotopic (exact) mass is 397 g/mol. The van der Waals surface area contributed by atoms with E-state index in [2.05, 4.69) is 10.3 Å². The van der Waals surface area contributed by atoms with Crippen LogP contribution in [-0.2, 0) is 11.0 Å². The second kappa shape index (κ2) is 8.39. The summed E-state index contributed by atoms with van der Waals surface area (Å²) < 4.78 is 52.2. The van der Waals surface area contributed by atoms with Crippen molar-refractivity contribution in [1.29, 1.82) is 5.26 Å². The molecule has 27 heavy (non-hydrogen) atoms. The van der Waals surface area contributed by atoms with Crippen LogP contribution in [0.25, 0.3) is 0 Å². The molecule has 0 aliphatic rings. The van der Waals surface area contributed by atoms with Crippen LogP contribution in [0.2, 0.25) is 0 Å². The number of rotatable bonds is 5. The van der Waals surface area contributed by atoms with Crippen LogP contribution in [0, 0.1) is 24.1 Å². The van der Waals surface area contributed by atoms with E-state index in [4.69, 9.17) is 5.26 Å². The van der Waals surface area contributed by atoms with E-state index < -0.39 is 35.1 Å². The number of aryl methyl sites for hydroxylation is 1. The predicted octanol–water partition coefficient (Wildman–Crippen LogP) is 4.39. The van der Waals surface area contributed by atoms with Crippen LogP contribution >= 0.6 is 11.8 Å². The highest BCUT2D eigenvalue weighted by Crippen LogP contribution is 2.35. The van der Waals surface area contributed by atoms with Gasteiger partial charge in [-0.25, -0.2) is 9.37 Å². The number of nitrogens with zero attached hydrogens (tertiary/aromatic N) is 2. The number of nitriles is 1. The molecule has 0 bridgehead atoms. The molecule has 1 aromatic carbocycles. The van der Waals surface area contributed by atoms with Crippen LogP contribution in [0.15, 0.2) is 35.4 Å². The molecular weight excluding hydrogens is 382 g/mol. The number of hydrogen-bond acceptors (Lipinski definition) is 4. The molecule has 1 unspecified atom stereocenters. The quantitative estimate of drug-likeness (QED) is 0.600. The maximum absolute atomic E-state index is 13.1. The maximum atomic E-state index is 13.1. The van der Waals surface area contributed by atoms with Gasteiger partial charge in [0.15, 0.2) is 0 Å². The van der Waals surface area contributed by atoms with Crippen LogP contribution in [-0.4, -0.2) is 16.6 Å². The minimum absolute atomic E-state index is 0.101. The van der Waals surface area contributed by atoms with E-state index >= 15 is 0 Å². The molecule has 2 rings (SSSR count). The number of hydrogen-bond donors (Lipinski definition) is 1. The number of halogens is 4. The average molecular weight is 397 g/mol. The number of alkyl halides is 3. The Bertz CT molecular complexity index is 876. The van der Waals surface area contributed by atoms with Crippen molar-refractivity contribution in [3.8, 4) is 6.07 Å². The topological polar surface area (TPSA) is 65.8 Å². The summed E-state index contributed by atoms with van der Waals surface area (Å²) in [5.41, 5.74) is -0.887. The number of thioether (sulfide) groups is 1. The highest BCUT2D eigenvalue weighted by Gasteiger charge is 2.35. The lowest BCUT2D eigenvalue weighted by Gasteiger charge is -2.15. The minimum atomic E-state index is -4.69. The van der Waals surface area contributed by atoms with Gasteiger partial charge in [0.25, 0.3) is 0 Å². The summed E-state index contributed by atoms with van der Waals surface area (Å²) in [5, 5.41) is 11.6. The van der Waals surface area contributed by atoms with Crippen molar-refractivity contribution < 1.29 is 22.4 Å². The molecule has 0 aliphatic carbocycles. The number of amides is 1. The maximum Gasteiger partial charge on any atom is 0.417 e. The van der Waals surface area contributed by atoms with Crippen molar-refractivity contribution in [3.63, 3.8) is 0 Å². The number of benzene rings is 1. The molecule has 4 nitrogen and oxygen atoms in total. The third-order valence-electron chi connectivity index (χ3n) is 3.62. The minimum Gasteiger partial charge on any atom is -0.349 e. The van der Waals surface area contributed by atoms with Crippen molar-refractivity contribution in [2.45, 2.75) is 31.1 Å². The Labute approximate surface area is 157 Å². The summed E-state index contributed by atoms with van der Waals surface area (Å²) in [4.78, 5) is 16.1. The molecule has 1 aromatic heterocycles. The Morgan fingerprint density at radius 2 is 1.96 bits per heavy atom. The van der Waals surface area contributed by atoms with Gasteiger partial charge in [-0.05, 0) is 37.6 Å². The molecular formula is C18H15F4N3OS. The molecule has 9 heteroatoms. The Balaban J connectivity index is 2.10. The molecule has 1 atom stereocenters. The fourth-order valence-corrected chi connectivity index (χ4v) is 3.19. The lowest BCUT2D eigenvalue weighted by molar-refractivity contribution is -0.138. The molecule has 1 N–H and O–H groups in total. The van der Waals surface area contributed by atoms with Gasteiger partial charge in [0.1, 0.15) is 16.9 Å². The van der Waals surface area contributed by atoms with Crippen LogP contribution in [0.3, 0.4) is 0 Å². The van der Waals surface area contributed by atoms with Crippen molar-refractivity contribution in [1.82, 2.24) is 10.3 Å². The number of nitrogens with one attached hydrogen (secondary N) is 1. The van der Waals surface area contributed by atoms with Gasteiger partial charge in [-0.3, -0.25) is 4.79 Å². The predicted molar refractivity (Wildman–Crippen MR) is 92.4 cm³/mol. The first-order valence-electron chi connectivity index (χ1n) is 7.78. The van der Waals surface area contributed by atoms with Crippen molar-refractivity contribution in [3.05, 3.63) is 58.5 Å². The highest BCUT2D eigenvalue weighted by atomic mass is 32.2. The van der Waals surface area contributed by atoms with E-state index in [-0.39, 0.29) is 16.5 Å². The lowest BCUT2D eigenvalue weighted by atomic mass is 10.1. The third kappa shape index (κ3) is 5.44. The second-order valence-electron chi connectivity index (χ2n) is 5.73. The van der Waals surface area contributed by atoms with Crippen LogP contribution in [0.4, 0.5) is 17.6 Å². The van der Waals surface area contributed by atoms with E-state index in [0.29, 0.717) is 5.56 Å². The van der Waals surface area contributed by atoms with E-state index in [1.165, 1.54) is 37.3 Å². The molecule has 0 saturated heterocycles. The van der Waals surface area contributed by atoms with Gasteiger partial charge in [-0.2, -0.15) is 18.4 Å². The summed E-state index contributed by atoms with van der Waals surface area (Å²) in [5.74, 6) is -1.06. The van der Waals surface area contributed by atoms with Gasteiger partial charge in [0, 0.05) is 5.69 Å². The fourth-order valence-electron chi connectivity index (χ4n) is 2.33. The number of carbonyl (C=O) groups excluding carboxylic acids is 1. The Kier molecular flexibility index (Phi) is 6.44. The van der Waals surface area contributed by atoms with E-state index in [9.17, 15) is 22.4 Å². The molecule has 0 saturated carbocycles. The molecule has 2 aromatic rings. The third-order valence-corrected chi connectivity index (χ3v) is 4.59. The Morgan fingerprint density at radius 1 is 1.33 bits per heavy atom. The SMILES string of the molecule is Cc1cc(C(F)(F)F)c(C#N)c(SCC(=O)NC(C)c2ccc(F)cc2)n1. The molecule has 0 radical (unpaired) electrons. The summed E-state index contributed by atoms with van der Waals surface area (Å²) in [7, 11) is 0. The first kappa shape index (κ1) is 20.7. The number of pyridine rings is 1. The fraction of sp³-hybridized carbons (Fsp3) is 0.278. The summed E-state index contributed by atoms with van der Waals surface area (Å²) >= 11 is 0.758. The molecule has 0 aliphatic heterocycles. The van der Waals surface area contributed by atoms with Crippen molar-refractivity contribution >= 4 is 17.7 Å². The summed E-state index contributed by atoms with van der Waals surface area (Å²) in [6.07, 6.45) is -4.69. The van der Waals surface area contributed by atoms with Crippen molar-refractivity contribution in [2.75, 3.05) is 5.75 Å². The first-order valence-corrected chi connectivity index (χ1v) is 8.77. The summed E-state index contributed by atoms with van der Waals surface area (Å²) in [6.45, 7) is 3.08. The molecule has 0 spiro atoms. The van der Waals surface area contributed by atoms with Gasteiger partial charge < -0.3 is 5.32 Å². The van der Waals surface area contributed by atoms with Crippen molar-refractivity contribution in [2.24, 2.45) is 0 Å². The molecule has 142 valence electrons. The normalized spacial score (nSPS) is 12.3. The largest absolute Gasteiger partial charge is 0.417 e. The molecule has 0 fully saturated rings. The van der Waals surface area contributed by atoms with Gasteiger partial charge in [0.05, 0.1) is 22.9 Å². The van der Waals surface area contributed by atoms with E-state index in [1.54, 1.807) is 6.92 Å².